The molecule has 0 aromatic carbocycles. The summed E-state index contributed by atoms with van der Waals surface area (Å²) in [4.78, 5) is 12.6. The quantitative estimate of drug-likeness (QED) is 0.294. The van der Waals surface area contributed by atoms with E-state index in [0.29, 0.717) is 0 Å². The van der Waals surface area contributed by atoms with Crippen LogP contribution in [0.5, 0.6) is 0 Å². The predicted molar refractivity (Wildman–Crippen MR) is 114 cm³/mol. The van der Waals surface area contributed by atoms with E-state index in [2.05, 4.69) is 37.8 Å². The molecule has 0 aliphatic carbocycles. The van der Waals surface area contributed by atoms with Crippen LogP contribution in [0, 0.1) is 0 Å². The summed E-state index contributed by atoms with van der Waals surface area (Å²) < 4.78 is 0. The Kier molecular flexibility index (Phi) is 29.5. The van der Waals surface area contributed by atoms with Crippen LogP contribution in [-0.2, 0) is 4.79 Å². The molecule has 0 aliphatic rings. The maximum atomic E-state index is 10.3. The van der Waals surface area contributed by atoms with E-state index in [1.165, 1.54) is 76.8 Å². The lowest BCUT2D eigenvalue weighted by molar-refractivity contribution is -0.116. The summed E-state index contributed by atoms with van der Waals surface area (Å²) >= 11 is 0. The number of halogens is 1. The van der Waals surface area contributed by atoms with Crippen molar-refractivity contribution in [2.24, 2.45) is 0 Å². The minimum atomic E-state index is -0.0909. The van der Waals surface area contributed by atoms with Crippen LogP contribution in [0.25, 0.3) is 0 Å². The van der Waals surface area contributed by atoms with Crippen LogP contribution in [0.3, 0.4) is 0 Å². The Bertz CT molecular complexity index is 258. The molecule has 1 amide bonds. The second kappa shape index (κ2) is 24.9. The Morgan fingerprint density at radius 1 is 0.875 bits per heavy atom. The molecular formula is C20H43BrN2O. The highest BCUT2D eigenvalue weighted by molar-refractivity contribution is 8.93. The summed E-state index contributed by atoms with van der Waals surface area (Å²) in [5.74, 6) is -0.0909. The Morgan fingerprint density at radius 2 is 1.33 bits per heavy atom. The zero-order valence-corrected chi connectivity index (χ0v) is 18.5. The monoisotopic (exact) mass is 406 g/mol. The van der Waals surface area contributed by atoms with Gasteiger partial charge in [0.25, 0.3) is 0 Å². The molecule has 146 valence electrons. The Labute approximate surface area is 162 Å². The van der Waals surface area contributed by atoms with Crippen molar-refractivity contribution < 1.29 is 4.79 Å². The number of carbonyl (C=O) groups excluding carboxylic acids is 1. The summed E-state index contributed by atoms with van der Waals surface area (Å²) in [6.07, 6.45) is 16.6. The van der Waals surface area contributed by atoms with E-state index >= 15 is 0 Å². The van der Waals surface area contributed by atoms with Crippen molar-refractivity contribution in [3.05, 3.63) is 12.7 Å². The van der Waals surface area contributed by atoms with Crippen LogP contribution in [0.1, 0.15) is 84.5 Å². The number of nitrogens with zero attached hydrogens (tertiary/aromatic N) is 1. The van der Waals surface area contributed by atoms with Crippen LogP contribution in [0.15, 0.2) is 12.7 Å². The maximum Gasteiger partial charge on any atom is 0.243 e. The molecule has 0 spiro atoms. The highest BCUT2D eigenvalue weighted by Crippen LogP contribution is 2.10. The fraction of sp³-hybridized carbons (Fsp3) is 0.850. The Balaban J connectivity index is -0.000000419. The van der Waals surface area contributed by atoms with Crippen molar-refractivity contribution in [1.82, 2.24) is 10.2 Å². The van der Waals surface area contributed by atoms with Crippen molar-refractivity contribution in [2.45, 2.75) is 84.5 Å². The molecule has 0 saturated heterocycles. The summed E-state index contributed by atoms with van der Waals surface area (Å²) in [5.41, 5.74) is 0. The minimum absolute atomic E-state index is 0. The molecule has 0 saturated carbocycles. The summed E-state index contributed by atoms with van der Waals surface area (Å²) in [6, 6.07) is 0. The molecule has 4 heteroatoms. The van der Waals surface area contributed by atoms with Crippen LogP contribution in [-0.4, -0.2) is 38.0 Å². The van der Waals surface area contributed by atoms with Crippen LogP contribution >= 0.6 is 17.0 Å². The second-order valence-electron chi connectivity index (χ2n) is 6.48. The molecule has 0 atom stereocenters. The molecule has 0 fully saturated rings. The standard InChI is InChI=1S/C14H31N.C6H11NO.BrH/c1-4-5-6-7-8-9-10-11-12-13-14-15(2)3;1-3-5-7-6(8)4-2;/h4-14H2,1-3H3;4H,2-3,5H2,1H3,(H,7,8);1H. The first-order valence-electron chi connectivity index (χ1n) is 9.63. The Hall–Kier alpha value is -0.350. The zero-order valence-electron chi connectivity index (χ0n) is 16.7. The van der Waals surface area contributed by atoms with Gasteiger partial charge in [0.2, 0.25) is 5.91 Å². The predicted octanol–water partition coefficient (Wildman–Crippen LogP) is 5.75. The van der Waals surface area contributed by atoms with Gasteiger partial charge in [0, 0.05) is 6.54 Å². The molecule has 24 heavy (non-hydrogen) atoms. The van der Waals surface area contributed by atoms with Gasteiger partial charge in [0.15, 0.2) is 0 Å². The summed E-state index contributed by atoms with van der Waals surface area (Å²) in [7, 11) is 4.32. The zero-order chi connectivity index (χ0) is 17.8. The molecule has 0 unspecified atom stereocenters. The van der Waals surface area contributed by atoms with Gasteiger partial charge < -0.3 is 10.2 Å². The van der Waals surface area contributed by atoms with E-state index in [9.17, 15) is 4.79 Å². The lowest BCUT2D eigenvalue weighted by atomic mass is 10.1. The number of nitrogens with one attached hydrogen (secondary N) is 1. The Morgan fingerprint density at radius 3 is 1.71 bits per heavy atom. The average molecular weight is 407 g/mol. The number of hydrogen-bond donors (Lipinski definition) is 1. The van der Waals surface area contributed by atoms with Crippen molar-refractivity contribution >= 4 is 22.9 Å². The van der Waals surface area contributed by atoms with Gasteiger partial charge in [-0.3, -0.25) is 4.79 Å². The topological polar surface area (TPSA) is 32.3 Å². The van der Waals surface area contributed by atoms with E-state index in [0.717, 1.165) is 13.0 Å². The summed E-state index contributed by atoms with van der Waals surface area (Å²) in [6.45, 7) is 9.59. The SMILES string of the molecule is Br.C=CC(=O)NCCC.CCCCCCCCCCCCN(C)C. The molecule has 0 bridgehead atoms. The van der Waals surface area contributed by atoms with E-state index in [1.54, 1.807) is 0 Å². The highest BCUT2D eigenvalue weighted by Gasteiger charge is 1.93. The number of amides is 1. The third kappa shape index (κ3) is 29.6. The number of rotatable bonds is 14. The molecule has 0 radical (unpaired) electrons. The number of carbonyl (C=O) groups is 1. The van der Waals surface area contributed by atoms with Gasteiger partial charge in [-0.1, -0.05) is 78.2 Å². The third-order valence-corrected chi connectivity index (χ3v) is 3.69. The van der Waals surface area contributed by atoms with E-state index < -0.39 is 0 Å². The number of hydrogen-bond acceptors (Lipinski definition) is 2. The lowest BCUT2D eigenvalue weighted by Crippen LogP contribution is -2.20. The average Bonchev–Trinajstić information content (AvgIpc) is 2.54. The lowest BCUT2D eigenvalue weighted by Gasteiger charge is -2.08. The van der Waals surface area contributed by atoms with Gasteiger partial charge in [-0.25, -0.2) is 0 Å². The van der Waals surface area contributed by atoms with Crippen molar-refractivity contribution in [1.29, 1.82) is 0 Å². The van der Waals surface area contributed by atoms with E-state index in [4.69, 9.17) is 0 Å². The van der Waals surface area contributed by atoms with Crippen LogP contribution in [0.4, 0.5) is 0 Å². The van der Waals surface area contributed by atoms with Gasteiger partial charge >= 0.3 is 0 Å². The van der Waals surface area contributed by atoms with Crippen molar-refractivity contribution in [3.63, 3.8) is 0 Å². The fourth-order valence-corrected chi connectivity index (χ4v) is 2.24. The molecule has 0 heterocycles. The first kappa shape index (κ1) is 28.5. The molecular weight excluding hydrogens is 364 g/mol. The van der Waals surface area contributed by atoms with Crippen molar-refractivity contribution in [2.75, 3.05) is 27.2 Å². The first-order valence-corrected chi connectivity index (χ1v) is 9.63. The largest absolute Gasteiger partial charge is 0.353 e. The molecule has 3 nitrogen and oxygen atoms in total. The minimum Gasteiger partial charge on any atom is -0.353 e. The third-order valence-electron chi connectivity index (χ3n) is 3.69. The van der Waals surface area contributed by atoms with Crippen LogP contribution < -0.4 is 5.32 Å². The van der Waals surface area contributed by atoms with E-state index in [-0.39, 0.29) is 22.9 Å². The summed E-state index contributed by atoms with van der Waals surface area (Å²) in [5, 5.41) is 2.62. The second-order valence-corrected chi connectivity index (χ2v) is 6.48. The molecule has 1 N–H and O–H groups in total. The number of unbranched alkanes of at least 4 members (excludes halogenated alkanes) is 9. The van der Waals surface area contributed by atoms with Gasteiger partial charge in [-0.2, -0.15) is 0 Å². The molecule has 0 rings (SSSR count). The van der Waals surface area contributed by atoms with Crippen LogP contribution in [0.2, 0.25) is 0 Å². The normalized spacial score (nSPS) is 9.71. The van der Waals surface area contributed by atoms with Crippen molar-refractivity contribution in [3.8, 4) is 0 Å². The van der Waals surface area contributed by atoms with E-state index in [1.807, 2.05) is 6.92 Å². The fourth-order valence-electron chi connectivity index (χ4n) is 2.24. The van der Waals surface area contributed by atoms with Gasteiger partial charge in [0.1, 0.15) is 0 Å². The highest BCUT2D eigenvalue weighted by atomic mass is 79.9. The molecule has 0 aromatic heterocycles. The first-order chi connectivity index (χ1) is 11.1. The van der Waals surface area contributed by atoms with Gasteiger partial charge in [-0.15, -0.1) is 17.0 Å². The maximum absolute atomic E-state index is 10.3. The molecule has 0 aliphatic heterocycles. The van der Waals surface area contributed by atoms with Gasteiger partial charge in [-0.05, 0) is 39.6 Å². The smallest absolute Gasteiger partial charge is 0.243 e. The van der Waals surface area contributed by atoms with Gasteiger partial charge in [0.05, 0.1) is 0 Å². The molecule has 0 aromatic rings.